The van der Waals surface area contributed by atoms with Crippen molar-refractivity contribution in [2.45, 2.75) is 18.4 Å². The summed E-state index contributed by atoms with van der Waals surface area (Å²) in [6.45, 7) is -0.170. The van der Waals surface area contributed by atoms with E-state index in [1.807, 2.05) is 0 Å². The number of aromatic amines is 1. The van der Waals surface area contributed by atoms with Crippen molar-refractivity contribution < 1.29 is 26.2 Å². The van der Waals surface area contributed by atoms with Crippen molar-refractivity contribution in [3.63, 3.8) is 0 Å². The number of hydrogen-bond donors (Lipinski definition) is 2. The second-order valence-electron chi connectivity index (χ2n) is 5.20. The maximum Gasteiger partial charge on any atom is 0.416 e. The summed E-state index contributed by atoms with van der Waals surface area (Å²) >= 11 is 0. The van der Waals surface area contributed by atoms with E-state index in [2.05, 4.69) is 15.8 Å². The normalized spacial score (nSPS) is 15.9. The molecule has 0 amide bonds. The lowest BCUT2D eigenvalue weighted by Crippen LogP contribution is -2.32. The summed E-state index contributed by atoms with van der Waals surface area (Å²) < 4.78 is 78.7. The molecule has 0 radical (unpaired) electrons. The number of nitrogens with two attached hydrogens (primary N) is 1. The fourth-order valence-corrected chi connectivity index (χ4v) is 2.54. The van der Waals surface area contributed by atoms with Crippen LogP contribution in [0.4, 0.5) is 22.0 Å². The number of H-pyrrole nitrogens is 1. The summed E-state index contributed by atoms with van der Waals surface area (Å²) in [5.74, 6) is 3.27. The molecule has 0 saturated heterocycles. The number of benzene rings is 1. The Bertz CT molecular complexity index is 872. The van der Waals surface area contributed by atoms with Gasteiger partial charge in [0.1, 0.15) is 5.82 Å². The van der Waals surface area contributed by atoms with E-state index in [1.165, 1.54) is 16.3 Å². The van der Waals surface area contributed by atoms with Gasteiger partial charge in [0.15, 0.2) is 0 Å². The highest BCUT2D eigenvalue weighted by Gasteiger charge is 2.36. The standard InChI is InChI=1S/C12H14F5N4OPS/c1-21(24(2,18)22)5-9-19-8-4-6(11(13,14)15)3-7(10(8)20-9)12(16,17)23/h3-4H,2,5,23H2,1H3,(H2,18,22)(H,19,20). The second kappa shape index (κ2) is 5.91. The molecule has 0 saturated carbocycles. The van der Waals surface area contributed by atoms with Gasteiger partial charge in [0.2, 0.25) is 0 Å². The van der Waals surface area contributed by atoms with Gasteiger partial charge in [0, 0.05) is 7.05 Å². The fraction of sp³-hybridized carbons (Fsp3) is 0.333. The molecule has 0 fully saturated rings. The van der Waals surface area contributed by atoms with E-state index in [9.17, 15) is 26.2 Å². The molecule has 3 N–H and O–H groups in total. The summed E-state index contributed by atoms with van der Waals surface area (Å²) in [4.78, 5) is 6.41. The zero-order chi connectivity index (χ0) is 18.5. The highest BCUT2D eigenvalue weighted by atomic mass is 32.2. The molecule has 0 spiro atoms. The summed E-state index contributed by atoms with van der Waals surface area (Å²) in [6, 6.07) is 1.05. The number of imidazole rings is 1. The van der Waals surface area contributed by atoms with Crippen molar-refractivity contribution in [2.75, 3.05) is 7.05 Å². The number of halogens is 5. The highest BCUT2D eigenvalue weighted by molar-refractivity contribution is 7.95. The molecule has 2 aromatic rings. The zero-order valence-electron chi connectivity index (χ0n) is 12.3. The molecule has 5 nitrogen and oxygen atoms in total. The van der Waals surface area contributed by atoms with Crippen molar-refractivity contribution in [2.24, 2.45) is 5.14 Å². The molecule has 1 aromatic carbocycles. The number of rotatable bonds is 4. The average Bonchev–Trinajstić information content (AvgIpc) is 2.75. The SMILES string of the molecule is C=S(N)(=O)N(C)Cc1nc2c(C(F)(F)P)cc(C(F)(F)F)cc2[nH]1. The first-order valence-corrected chi connectivity index (χ1v) is 8.65. The molecular formula is C12H14F5N4OPS. The van der Waals surface area contributed by atoms with Gasteiger partial charge in [-0.25, -0.2) is 18.6 Å². The van der Waals surface area contributed by atoms with Gasteiger partial charge >= 0.3 is 6.18 Å². The van der Waals surface area contributed by atoms with Crippen LogP contribution in [0.2, 0.25) is 0 Å². The first-order valence-electron chi connectivity index (χ1n) is 6.33. The lowest BCUT2D eigenvalue weighted by atomic mass is 10.1. The Balaban J connectivity index is 2.62. The molecule has 2 rings (SSSR count). The van der Waals surface area contributed by atoms with Crippen LogP contribution in [0.5, 0.6) is 0 Å². The topological polar surface area (TPSA) is 75.0 Å². The molecular weight excluding hydrogens is 374 g/mol. The van der Waals surface area contributed by atoms with E-state index in [4.69, 9.17) is 5.14 Å². The van der Waals surface area contributed by atoms with E-state index in [-0.39, 0.29) is 23.4 Å². The Labute approximate surface area is 136 Å². The summed E-state index contributed by atoms with van der Waals surface area (Å²) in [5, 5.41) is 5.33. The highest BCUT2D eigenvalue weighted by Crippen LogP contribution is 2.41. The van der Waals surface area contributed by atoms with Crippen LogP contribution in [0.1, 0.15) is 17.0 Å². The van der Waals surface area contributed by atoms with E-state index in [0.29, 0.717) is 12.1 Å². The Morgan fingerprint density at radius 3 is 2.42 bits per heavy atom. The minimum Gasteiger partial charge on any atom is -0.341 e. The predicted molar refractivity (Wildman–Crippen MR) is 85.6 cm³/mol. The lowest BCUT2D eigenvalue weighted by molar-refractivity contribution is -0.137. The minimum absolute atomic E-state index is 0.0316. The van der Waals surface area contributed by atoms with Crippen molar-refractivity contribution in [1.29, 1.82) is 0 Å². The van der Waals surface area contributed by atoms with Crippen molar-refractivity contribution in [3.05, 3.63) is 29.1 Å². The van der Waals surface area contributed by atoms with Crippen LogP contribution in [-0.4, -0.2) is 31.4 Å². The molecule has 24 heavy (non-hydrogen) atoms. The number of nitrogens with one attached hydrogen (secondary N) is 1. The maximum atomic E-state index is 13.7. The predicted octanol–water partition coefficient (Wildman–Crippen LogP) is 2.44. The maximum absolute atomic E-state index is 13.7. The van der Waals surface area contributed by atoms with Crippen LogP contribution >= 0.6 is 9.24 Å². The Kier molecular flexibility index (Phi) is 4.68. The summed E-state index contributed by atoms with van der Waals surface area (Å²) in [6.07, 6.45) is -4.79. The molecule has 134 valence electrons. The van der Waals surface area contributed by atoms with Gasteiger partial charge in [-0.2, -0.15) is 22.0 Å². The van der Waals surface area contributed by atoms with Crippen molar-refractivity contribution in [1.82, 2.24) is 14.3 Å². The van der Waals surface area contributed by atoms with Gasteiger partial charge in [-0.3, -0.25) is 0 Å². The van der Waals surface area contributed by atoms with E-state index >= 15 is 0 Å². The Morgan fingerprint density at radius 2 is 1.96 bits per heavy atom. The van der Waals surface area contributed by atoms with Crippen LogP contribution in [-0.2, 0) is 28.3 Å². The van der Waals surface area contributed by atoms with Crippen LogP contribution < -0.4 is 5.14 Å². The minimum atomic E-state index is -4.79. The number of aromatic nitrogens is 2. The second-order valence-corrected chi connectivity index (χ2v) is 7.93. The molecule has 1 aromatic heterocycles. The fourth-order valence-electron chi connectivity index (χ4n) is 1.98. The Morgan fingerprint density at radius 1 is 1.38 bits per heavy atom. The van der Waals surface area contributed by atoms with Gasteiger partial charge in [-0.15, -0.1) is 0 Å². The molecule has 0 bridgehead atoms. The van der Waals surface area contributed by atoms with Crippen LogP contribution in [0.15, 0.2) is 12.1 Å². The van der Waals surface area contributed by atoms with Crippen LogP contribution in [0.3, 0.4) is 0 Å². The van der Waals surface area contributed by atoms with Gasteiger partial charge in [0.25, 0.3) is 5.66 Å². The molecule has 2 atom stereocenters. The third-order valence-corrected chi connectivity index (χ3v) is 4.72. The van der Waals surface area contributed by atoms with Gasteiger partial charge in [-0.05, 0) is 18.0 Å². The number of hydrogen-bond acceptors (Lipinski definition) is 2. The van der Waals surface area contributed by atoms with Crippen molar-refractivity contribution >= 4 is 36.0 Å². The van der Waals surface area contributed by atoms with Gasteiger partial charge in [-0.1, -0.05) is 9.24 Å². The number of alkyl halides is 5. The number of fused-ring (bicyclic) bond motifs is 1. The molecule has 1 heterocycles. The van der Waals surface area contributed by atoms with Crippen LogP contribution in [0.25, 0.3) is 11.0 Å². The van der Waals surface area contributed by atoms with Gasteiger partial charge < -0.3 is 4.98 Å². The smallest absolute Gasteiger partial charge is 0.341 e. The van der Waals surface area contributed by atoms with E-state index in [1.54, 1.807) is 0 Å². The lowest BCUT2D eigenvalue weighted by Gasteiger charge is -2.15. The molecule has 0 aliphatic heterocycles. The first kappa shape index (κ1) is 19.0. The monoisotopic (exact) mass is 388 g/mol. The third kappa shape index (κ3) is 4.02. The molecule has 2 unspecified atom stereocenters. The third-order valence-electron chi connectivity index (χ3n) is 3.22. The summed E-state index contributed by atoms with van der Waals surface area (Å²) in [5.41, 5.74) is -6.23. The zero-order valence-corrected chi connectivity index (χ0v) is 14.3. The van der Waals surface area contributed by atoms with E-state index in [0.717, 1.165) is 4.31 Å². The first-order chi connectivity index (χ1) is 10.7. The summed E-state index contributed by atoms with van der Waals surface area (Å²) in [7, 11) is -0.523. The van der Waals surface area contributed by atoms with Gasteiger partial charge in [0.05, 0.1) is 38.6 Å². The largest absolute Gasteiger partial charge is 0.416 e. The van der Waals surface area contributed by atoms with Crippen LogP contribution in [0, 0.1) is 0 Å². The molecule has 12 heteroatoms. The average molecular weight is 388 g/mol. The van der Waals surface area contributed by atoms with Crippen molar-refractivity contribution in [3.8, 4) is 0 Å². The molecule has 0 aliphatic carbocycles. The number of nitrogens with zero attached hydrogens (tertiary/aromatic N) is 2. The quantitative estimate of drug-likeness (QED) is 0.480. The van der Waals surface area contributed by atoms with E-state index < -0.39 is 32.9 Å². The Hall–Kier alpha value is -1.29. The molecule has 0 aliphatic rings.